The van der Waals surface area contributed by atoms with Gasteiger partial charge in [0, 0.05) is 13.1 Å². The zero-order chi connectivity index (χ0) is 25.1. The molecule has 184 valence electrons. The standard InChI is InChI=1S/C22H26F6N2O2S/c1-20(2,3)16-7-5-15(6-8-16)14-29-9-4-10-30-33(31,32)19-12-17(21(23,24)25)11-18(13-19)22(26,27)28/h5-8,11-13,29-30H,4,9-10,14H2,1-3H3. The Balaban J connectivity index is 1.93. The van der Waals surface area contributed by atoms with Gasteiger partial charge in [-0.1, -0.05) is 45.0 Å². The summed E-state index contributed by atoms with van der Waals surface area (Å²) in [5.74, 6) is 0. The van der Waals surface area contributed by atoms with Crippen molar-refractivity contribution in [3.05, 3.63) is 64.7 Å². The average molecular weight is 497 g/mol. The Morgan fingerprint density at radius 3 is 1.73 bits per heavy atom. The van der Waals surface area contributed by atoms with Gasteiger partial charge in [0.2, 0.25) is 10.0 Å². The Labute approximate surface area is 189 Å². The van der Waals surface area contributed by atoms with Crippen LogP contribution in [-0.2, 0) is 34.3 Å². The molecule has 0 aliphatic heterocycles. The van der Waals surface area contributed by atoms with Crippen molar-refractivity contribution in [2.45, 2.75) is 56.4 Å². The predicted octanol–water partition coefficient (Wildman–Crippen LogP) is 5.48. The second-order valence-electron chi connectivity index (χ2n) is 8.62. The molecule has 33 heavy (non-hydrogen) atoms. The molecule has 2 rings (SSSR count). The van der Waals surface area contributed by atoms with Crippen LogP contribution < -0.4 is 10.0 Å². The molecule has 2 N–H and O–H groups in total. The number of rotatable bonds is 8. The second kappa shape index (κ2) is 10.0. The molecule has 0 aromatic heterocycles. The Morgan fingerprint density at radius 2 is 1.27 bits per heavy atom. The molecular weight excluding hydrogens is 470 g/mol. The van der Waals surface area contributed by atoms with Crippen LogP contribution in [0.25, 0.3) is 0 Å². The molecule has 0 bridgehead atoms. The van der Waals surface area contributed by atoms with Gasteiger partial charge in [-0.2, -0.15) is 26.3 Å². The third-order valence-electron chi connectivity index (χ3n) is 4.84. The summed E-state index contributed by atoms with van der Waals surface area (Å²) in [4.78, 5) is -1.09. The summed E-state index contributed by atoms with van der Waals surface area (Å²) in [6.07, 6.45) is -9.97. The summed E-state index contributed by atoms with van der Waals surface area (Å²) in [6.45, 7) is 7.06. The molecule has 4 nitrogen and oxygen atoms in total. The minimum absolute atomic E-state index is 0.0313. The van der Waals surface area contributed by atoms with Gasteiger partial charge in [0.05, 0.1) is 16.0 Å². The van der Waals surface area contributed by atoms with Crippen LogP contribution >= 0.6 is 0 Å². The van der Waals surface area contributed by atoms with E-state index in [1.165, 1.54) is 5.56 Å². The summed E-state index contributed by atoms with van der Waals surface area (Å²) in [5.41, 5.74) is -1.13. The molecular formula is C22H26F6N2O2S. The van der Waals surface area contributed by atoms with E-state index in [2.05, 4.69) is 30.8 Å². The smallest absolute Gasteiger partial charge is 0.313 e. The van der Waals surface area contributed by atoms with Crippen molar-refractivity contribution in [3.63, 3.8) is 0 Å². The van der Waals surface area contributed by atoms with Crippen molar-refractivity contribution in [1.29, 1.82) is 0 Å². The van der Waals surface area contributed by atoms with E-state index in [4.69, 9.17) is 0 Å². The SMILES string of the molecule is CC(C)(C)c1ccc(CNCCCNS(=O)(=O)c2cc(C(F)(F)F)cc(C(F)(F)F)c2)cc1. The van der Waals surface area contributed by atoms with Crippen LogP contribution in [0.4, 0.5) is 26.3 Å². The Morgan fingerprint density at radius 1 is 0.758 bits per heavy atom. The summed E-state index contributed by atoms with van der Waals surface area (Å²) in [6, 6.07) is 8.26. The van der Waals surface area contributed by atoms with E-state index in [0.29, 0.717) is 13.1 Å². The molecule has 0 aliphatic carbocycles. The Kier molecular flexibility index (Phi) is 8.24. The highest BCUT2D eigenvalue weighted by Gasteiger charge is 2.38. The van der Waals surface area contributed by atoms with Crippen LogP contribution in [0.1, 0.15) is 49.4 Å². The van der Waals surface area contributed by atoms with E-state index in [9.17, 15) is 34.8 Å². The van der Waals surface area contributed by atoms with E-state index in [1.807, 2.05) is 24.3 Å². The molecule has 2 aromatic rings. The zero-order valence-electron chi connectivity index (χ0n) is 18.4. The third-order valence-corrected chi connectivity index (χ3v) is 6.28. The van der Waals surface area contributed by atoms with Gasteiger partial charge in [0.1, 0.15) is 0 Å². The van der Waals surface area contributed by atoms with Gasteiger partial charge in [-0.3, -0.25) is 0 Å². The minimum atomic E-state index is -5.12. The van der Waals surface area contributed by atoms with E-state index < -0.39 is 38.4 Å². The van der Waals surface area contributed by atoms with Gasteiger partial charge in [-0.25, -0.2) is 13.1 Å². The third kappa shape index (κ3) is 8.01. The second-order valence-corrected chi connectivity index (χ2v) is 10.4. The van der Waals surface area contributed by atoms with Crippen LogP contribution in [-0.4, -0.2) is 21.5 Å². The quantitative estimate of drug-likeness (QED) is 0.376. The first-order valence-electron chi connectivity index (χ1n) is 10.1. The molecule has 11 heteroatoms. The van der Waals surface area contributed by atoms with Crippen LogP contribution in [0.15, 0.2) is 47.4 Å². The number of hydrogen-bond acceptors (Lipinski definition) is 3. The first kappa shape index (κ1) is 27.1. The summed E-state index contributed by atoms with van der Waals surface area (Å²) in [7, 11) is -4.56. The zero-order valence-corrected chi connectivity index (χ0v) is 19.2. The highest BCUT2D eigenvalue weighted by molar-refractivity contribution is 7.89. The maximum absolute atomic E-state index is 12.9. The largest absolute Gasteiger partial charge is 0.416 e. The molecule has 0 spiro atoms. The van der Waals surface area contributed by atoms with Crippen LogP contribution in [0.5, 0.6) is 0 Å². The predicted molar refractivity (Wildman–Crippen MR) is 113 cm³/mol. The fourth-order valence-electron chi connectivity index (χ4n) is 2.94. The van der Waals surface area contributed by atoms with E-state index >= 15 is 0 Å². The molecule has 0 saturated heterocycles. The van der Waals surface area contributed by atoms with Crippen LogP contribution in [0.3, 0.4) is 0 Å². The van der Waals surface area contributed by atoms with E-state index in [1.54, 1.807) is 0 Å². The molecule has 0 aliphatic rings. The maximum atomic E-state index is 12.9. The van der Waals surface area contributed by atoms with Gasteiger partial charge in [0.15, 0.2) is 0 Å². The molecule has 0 amide bonds. The summed E-state index contributed by atoms with van der Waals surface area (Å²) >= 11 is 0. The topological polar surface area (TPSA) is 58.2 Å². The molecule has 0 fully saturated rings. The van der Waals surface area contributed by atoms with Crippen molar-refractivity contribution in [1.82, 2.24) is 10.0 Å². The maximum Gasteiger partial charge on any atom is 0.416 e. The van der Waals surface area contributed by atoms with Gasteiger partial charge in [-0.05, 0) is 47.7 Å². The fourth-order valence-corrected chi connectivity index (χ4v) is 4.08. The Hall–Kier alpha value is -2.11. The van der Waals surface area contributed by atoms with Crippen molar-refractivity contribution >= 4 is 10.0 Å². The number of halogens is 6. The first-order valence-corrected chi connectivity index (χ1v) is 11.6. The molecule has 0 radical (unpaired) electrons. The highest BCUT2D eigenvalue weighted by atomic mass is 32.2. The van der Waals surface area contributed by atoms with Crippen molar-refractivity contribution < 1.29 is 34.8 Å². The molecule has 0 heterocycles. The fraction of sp³-hybridized carbons (Fsp3) is 0.455. The number of nitrogens with one attached hydrogen (secondary N) is 2. The lowest BCUT2D eigenvalue weighted by molar-refractivity contribution is -0.143. The van der Waals surface area contributed by atoms with E-state index in [-0.39, 0.29) is 36.6 Å². The number of hydrogen-bond donors (Lipinski definition) is 2. The minimum Gasteiger partial charge on any atom is -0.313 e. The van der Waals surface area contributed by atoms with Gasteiger partial charge in [-0.15, -0.1) is 0 Å². The van der Waals surface area contributed by atoms with Crippen LogP contribution in [0.2, 0.25) is 0 Å². The number of alkyl halides is 6. The van der Waals surface area contributed by atoms with Crippen LogP contribution in [0, 0.1) is 0 Å². The van der Waals surface area contributed by atoms with Crippen molar-refractivity contribution in [2.24, 2.45) is 0 Å². The lowest BCUT2D eigenvalue weighted by atomic mass is 9.87. The lowest BCUT2D eigenvalue weighted by Gasteiger charge is -2.19. The monoisotopic (exact) mass is 496 g/mol. The molecule has 0 atom stereocenters. The summed E-state index contributed by atoms with van der Waals surface area (Å²) < 4.78 is 104. The van der Waals surface area contributed by atoms with Gasteiger partial charge >= 0.3 is 12.4 Å². The van der Waals surface area contributed by atoms with E-state index in [0.717, 1.165) is 5.56 Å². The number of sulfonamides is 1. The molecule has 0 saturated carbocycles. The highest BCUT2D eigenvalue weighted by Crippen LogP contribution is 2.37. The first-order chi connectivity index (χ1) is 15.0. The average Bonchev–Trinajstić information content (AvgIpc) is 2.68. The van der Waals surface area contributed by atoms with Crippen molar-refractivity contribution in [2.75, 3.05) is 13.1 Å². The van der Waals surface area contributed by atoms with Crippen molar-refractivity contribution in [3.8, 4) is 0 Å². The number of benzene rings is 2. The molecule has 0 unspecified atom stereocenters. The van der Waals surface area contributed by atoms with Gasteiger partial charge in [0.25, 0.3) is 0 Å². The molecule has 2 aromatic carbocycles. The van der Waals surface area contributed by atoms with Gasteiger partial charge < -0.3 is 5.32 Å². The normalized spacial score (nSPS) is 13.4. The summed E-state index contributed by atoms with van der Waals surface area (Å²) in [5, 5.41) is 3.11. The lowest BCUT2D eigenvalue weighted by Crippen LogP contribution is -2.28. The Bertz CT molecular complexity index is 1010.